The van der Waals surface area contributed by atoms with E-state index in [0.717, 1.165) is 5.56 Å². The molecule has 0 atom stereocenters. The lowest BCUT2D eigenvalue weighted by molar-refractivity contribution is 0.197. The van der Waals surface area contributed by atoms with E-state index in [-0.39, 0.29) is 19.0 Å². The molecule has 2 aromatic rings. The van der Waals surface area contributed by atoms with E-state index >= 15 is 0 Å². The molecule has 0 unspecified atom stereocenters. The largest absolute Gasteiger partial charge is 0.475 e. The SMILES string of the molecule is N#Cc1c(-c2ccccc2)cc(OCCO)nc1N. The van der Waals surface area contributed by atoms with Gasteiger partial charge in [0.1, 0.15) is 24.1 Å². The van der Waals surface area contributed by atoms with Crippen LogP contribution >= 0.6 is 0 Å². The van der Waals surface area contributed by atoms with Crippen LogP contribution in [0.1, 0.15) is 5.56 Å². The Morgan fingerprint density at radius 3 is 2.68 bits per heavy atom. The number of aromatic nitrogens is 1. The molecule has 0 radical (unpaired) electrons. The molecule has 5 heteroatoms. The summed E-state index contributed by atoms with van der Waals surface area (Å²) in [5.74, 6) is 0.418. The number of hydrogen-bond donors (Lipinski definition) is 2. The van der Waals surface area contributed by atoms with Crippen molar-refractivity contribution in [1.82, 2.24) is 4.98 Å². The molecule has 0 amide bonds. The van der Waals surface area contributed by atoms with Crippen LogP contribution in [-0.2, 0) is 0 Å². The Morgan fingerprint density at radius 2 is 2.05 bits per heavy atom. The average Bonchev–Trinajstić information content (AvgIpc) is 2.45. The lowest BCUT2D eigenvalue weighted by Gasteiger charge is -2.10. The summed E-state index contributed by atoms with van der Waals surface area (Å²) in [4.78, 5) is 3.99. The molecule has 0 aliphatic heterocycles. The molecule has 1 aromatic heterocycles. The van der Waals surface area contributed by atoms with Gasteiger partial charge in [-0.3, -0.25) is 0 Å². The summed E-state index contributed by atoms with van der Waals surface area (Å²) >= 11 is 0. The van der Waals surface area contributed by atoms with E-state index in [1.165, 1.54) is 0 Å². The Balaban J connectivity index is 2.51. The fourth-order valence-corrected chi connectivity index (χ4v) is 1.73. The lowest BCUT2D eigenvalue weighted by Crippen LogP contribution is -2.06. The van der Waals surface area contributed by atoms with Gasteiger partial charge in [0.15, 0.2) is 0 Å². The minimum atomic E-state index is -0.109. The summed E-state index contributed by atoms with van der Waals surface area (Å²) in [7, 11) is 0. The third-order valence-corrected chi connectivity index (χ3v) is 2.56. The van der Waals surface area contributed by atoms with Gasteiger partial charge < -0.3 is 15.6 Å². The normalized spacial score (nSPS) is 9.89. The van der Waals surface area contributed by atoms with E-state index in [0.29, 0.717) is 17.0 Å². The molecule has 2 rings (SSSR count). The Labute approximate surface area is 110 Å². The lowest BCUT2D eigenvalue weighted by atomic mass is 10.0. The number of aliphatic hydroxyl groups is 1. The molecular weight excluding hydrogens is 242 g/mol. The van der Waals surface area contributed by atoms with E-state index in [2.05, 4.69) is 11.1 Å². The summed E-state index contributed by atoms with van der Waals surface area (Å²) in [6, 6.07) is 13.1. The maximum atomic E-state index is 9.18. The zero-order chi connectivity index (χ0) is 13.7. The highest BCUT2D eigenvalue weighted by Gasteiger charge is 2.12. The topological polar surface area (TPSA) is 92.2 Å². The first-order valence-corrected chi connectivity index (χ1v) is 5.76. The smallest absolute Gasteiger partial charge is 0.215 e. The van der Waals surface area contributed by atoms with Crippen LogP contribution in [0.5, 0.6) is 5.88 Å². The Kier molecular flexibility index (Phi) is 3.96. The van der Waals surface area contributed by atoms with Crippen molar-refractivity contribution < 1.29 is 9.84 Å². The number of aliphatic hydroxyl groups excluding tert-OH is 1. The third kappa shape index (κ3) is 2.81. The molecule has 3 N–H and O–H groups in total. The molecular formula is C14H13N3O2. The summed E-state index contributed by atoms with van der Waals surface area (Å²) < 4.78 is 5.25. The molecule has 1 heterocycles. The number of nitriles is 1. The van der Waals surface area contributed by atoms with E-state index < -0.39 is 0 Å². The predicted molar refractivity (Wildman–Crippen MR) is 71.4 cm³/mol. The van der Waals surface area contributed by atoms with Gasteiger partial charge in [-0.2, -0.15) is 10.2 Å². The first-order chi connectivity index (χ1) is 9.26. The second-order valence-corrected chi connectivity index (χ2v) is 3.82. The molecule has 0 aliphatic carbocycles. The maximum absolute atomic E-state index is 9.18. The minimum Gasteiger partial charge on any atom is -0.475 e. The van der Waals surface area contributed by atoms with Crippen LogP contribution in [0.3, 0.4) is 0 Å². The van der Waals surface area contributed by atoms with Crippen molar-refractivity contribution in [1.29, 1.82) is 5.26 Å². The Bertz CT molecular complexity index is 606. The quantitative estimate of drug-likeness (QED) is 0.865. The maximum Gasteiger partial charge on any atom is 0.215 e. The van der Waals surface area contributed by atoms with Gasteiger partial charge in [-0.25, -0.2) is 0 Å². The van der Waals surface area contributed by atoms with E-state index in [4.69, 9.17) is 15.6 Å². The number of pyridine rings is 1. The summed E-state index contributed by atoms with van der Waals surface area (Å²) in [6.07, 6.45) is 0. The Hall–Kier alpha value is -2.58. The van der Waals surface area contributed by atoms with Gasteiger partial charge >= 0.3 is 0 Å². The summed E-state index contributed by atoms with van der Waals surface area (Å²) in [6.45, 7) is 0.0226. The summed E-state index contributed by atoms with van der Waals surface area (Å²) in [5, 5.41) is 17.9. The zero-order valence-corrected chi connectivity index (χ0v) is 10.2. The first-order valence-electron chi connectivity index (χ1n) is 5.76. The second-order valence-electron chi connectivity index (χ2n) is 3.82. The van der Waals surface area contributed by atoms with E-state index in [1.807, 2.05) is 30.3 Å². The number of benzene rings is 1. The third-order valence-electron chi connectivity index (χ3n) is 2.56. The molecule has 5 nitrogen and oxygen atoms in total. The standard InChI is InChI=1S/C14H13N3O2/c15-9-12-11(10-4-2-1-3-5-10)8-13(17-14(12)16)19-7-6-18/h1-5,8,18H,6-7H2,(H2,16,17). The zero-order valence-electron chi connectivity index (χ0n) is 10.2. The molecule has 0 spiro atoms. The summed E-state index contributed by atoms with van der Waals surface area (Å²) in [5.41, 5.74) is 7.62. The van der Waals surface area contributed by atoms with Gasteiger partial charge in [0.2, 0.25) is 5.88 Å². The van der Waals surface area contributed by atoms with Crippen molar-refractivity contribution in [3.63, 3.8) is 0 Å². The number of nitrogens with two attached hydrogens (primary N) is 1. The number of ether oxygens (including phenoxy) is 1. The monoisotopic (exact) mass is 255 g/mol. The van der Waals surface area contributed by atoms with Crippen LogP contribution in [-0.4, -0.2) is 23.3 Å². The highest BCUT2D eigenvalue weighted by atomic mass is 16.5. The fourth-order valence-electron chi connectivity index (χ4n) is 1.73. The molecule has 96 valence electrons. The number of nitrogens with zero attached hydrogens (tertiary/aromatic N) is 2. The van der Waals surface area contributed by atoms with Crippen molar-refractivity contribution in [2.24, 2.45) is 0 Å². The first kappa shape index (κ1) is 12.9. The van der Waals surface area contributed by atoms with Crippen LogP contribution in [0.15, 0.2) is 36.4 Å². The van der Waals surface area contributed by atoms with Crippen molar-refractivity contribution in [2.75, 3.05) is 18.9 Å². The fraction of sp³-hybridized carbons (Fsp3) is 0.143. The molecule has 0 saturated heterocycles. The molecule has 0 saturated carbocycles. The average molecular weight is 255 g/mol. The van der Waals surface area contributed by atoms with E-state index in [9.17, 15) is 5.26 Å². The molecule has 1 aromatic carbocycles. The highest BCUT2D eigenvalue weighted by molar-refractivity contribution is 5.76. The highest BCUT2D eigenvalue weighted by Crippen LogP contribution is 2.29. The van der Waals surface area contributed by atoms with Crippen molar-refractivity contribution in [3.8, 4) is 23.1 Å². The molecule has 0 aliphatic rings. The predicted octanol–water partition coefficient (Wildman–Crippen LogP) is 1.57. The minimum absolute atomic E-state index is 0.109. The second kappa shape index (κ2) is 5.85. The van der Waals surface area contributed by atoms with Gasteiger partial charge in [0, 0.05) is 11.6 Å². The molecule has 19 heavy (non-hydrogen) atoms. The Morgan fingerprint density at radius 1 is 1.32 bits per heavy atom. The van der Waals surface area contributed by atoms with Gasteiger partial charge in [-0.15, -0.1) is 0 Å². The van der Waals surface area contributed by atoms with Gasteiger partial charge in [0.05, 0.1) is 6.61 Å². The van der Waals surface area contributed by atoms with Gasteiger partial charge in [-0.05, 0) is 5.56 Å². The molecule has 0 fully saturated rings. The van der Waals surface area contributed by atoms with Crippen molar-refractivity contribution in [2.45, 2.75) is 0 Å². The van der Waals surface area contributed by atoms with Crippen molar-refractivity contribution >= 4 is 5.82 Å². The molecule has 0 bridgehead atoms. The van der Waals surface area contributed by atoms with Crippen LogP contribution in [0.4, 0.5) is 5.82 Å². The van der Waals surface area contributed by atoms with Crippen LogP contribution in [0, 0.1) is 11.3 Å². The number of rotatable bonds is 4. The number of nitrogen functional groups attached to an aromatic ring is 1. The van der Waals surface area contributed by atoms with Crippen molar-refractivity contribution in [3.05, 3.63) is 42.0 Å². The number of hydrogen-bond acceptors (Lipinski definition) is 5. The number of anilines is 1. The van der Waals surface area contributed by atoms with Gasteiger partial charge in [-0.1, -0.05) is 30.3 Å². The van der Waals surface area contributed by atoms with E-state index in [1.54, 1.807) is 6.07 Å². The van der Waals surface area contributed by atoms with Gasteiger partial charge in [0.25, 0.3) is 0 Å². The van der Waals surface area contributed by atoms with Crippen LogP contribution in [0.2, 0.25) is 0 Å². The van der Waals surface area contributed by atoms with Crippen LogP contribution < -0.4 is 10.5 Å². The van der Waals surface area contributed by atoms with Crippen LogP contribution in [0.25, 0.3) is 11.1 Å².